The maximum absolute atomic E-state index is 12.8. The second kappa shape index (κ2) is 7.09. The van der Waals surface area contributed by atoms with Crippen LogP contribution in [0, 0.1) is 20.8 Å². The standard InChI is InChI=1S/C21H18N2O4S/c1-11-4-6-14(7-5-11)17-13(3)28-20-18(17)19(24)22-16(23-20)10-27-21(25)15-8-9-26-12(15)2/h4-9H,10H2,1-3H3,(H,22,23,24). The van der Waals surface area contributed by atoms with E-state index in [1.54, 1.807) is 13.0 Å². The van der Waals surface area contributed by atoms with E-state index in [1.807, 2.05) is 38.1 Å². The van der Waals surface area contributed by atoms with E-state index in [4.69, 9.17) is 9.15 Å². The third-order valence-corrected chi connectivity index (χ3v) is 5.55. The van der Waals surface area contributed by atoms with Crippen molar-refractivity contribution in [2.24, 2.45) is 0 Å². The van der Waals surface area contributed by atoms with Crippen molar-refractivity contribution >= 4 is 27.5 Å². The Balaban J connectivity index is 1.66. The van der Waals surface area contributed by atoms with Gasteiger partial charge in [-0.3, -0.25) is 4.79 Å². The van der Waals surface area contributed by atoms with E-state index in [1.165, 1.54) is 17.6 Å². The van der Waals surface area contributed by atoms with Gasteiger partial charge in [0.25, 0.3) is 5.56 Å². The van der Waals surface area contributed by atoms with Gasteiger partial charge in [0, 0.05) is 10.4 Å². The maximum atomic E-state index is 12.8. The number of carbonyl (C=O) groups excluding carboxylic acids is 1. The fourth-order valence-electron chi connectivity index (χ4n) is 3.11. The van der Waals surface area contributed by atoms with E-state index in [2.05, 4.69) is 9.97 Å². The number of hydrogen-bond donors (Lipinski definition) is 1. The van der Waals surface area contributed by atoms with Gasteiger partial charge in [0.2, 0.25) is 0 Å². The molecule has 0 bridgehead atoms. The molecule has 1 aromatic carbocycles. The minimum Gasteiger partial charge on any atom is -0.469 e. The summed E-state index contributed by atoms with van der Waals surface area (Å²) in [6, 6.07) is 9.60. The molecule has 1 N–H and O–H groups in total. The third kappa shape index (κ3) is 3.25. The molecule has 0 radical (unpaired) electrons. The van der Waals surface area contributed by atoms with Crippen LogP contribution < -0.4 is 5.56 Å². The molecule has 4 aromatic rings. The second-order valence-electron chi connectivity index (χ2n) is 6.56. The number of furan rings is 1. The van der Waals surface area contributed by atoms with Crippen molar-refractivity contribution in [2.75, 3.05) is 0 Å². The molecule has 0 aliphatic heterocycles. The Labute approximate surface area is 164 Å². The second-order valence-corrected chi connectivity index (χ2v) is 7.76. The van der Waals surface area contributed by atoms with Crippen LogP contribution in [0.15, 0.2) is 45.8 Å². The Morgan fingerprint density at radius 3 is 2.61 bits per heavy atom. The number of nitrogens with one attached hydrogen (secondary N) is 1. The van der Waals surface area contributed by atoms with Gasteiger partial charge < -0.3 is 14.1 Å². The molecule has 6 nitrogen and oxygen atoms in total. The topological polar surface area (TPSA) is 85.2 Å². The number of esters is 1. The first kappa shape index (κ1) is 18.2. The van der Waals surface area contributed by atoms with Crippen molar-refractivity contribution in [3.63, 3.8) is 0 Å². The smallest absolute Gasteiger partial charge is 0.342 e. The Hall–Kier alpha value is -3.19. The zero-order chi connectivity index (χ0) is 19.8. The fraction of sp³-hybridized carbons (Fsp3) is 0.190. The molecule has 142 valence electrons. The Kier molecular flexibility index (Phi) is 4.60. The summed E-state index contributed by atoms with van der Waals surface area (Å²) in [5.74, 6) is 0.277. The zero-order valence-electron chi connectivity index (χ0n) is 15.7. The lowest BCUT2D eigenvalue weighted by Crippen LogP contribution is -2.14. The van der Waals surface area contributed by atoms with Crippen LogP contribution in [-0.2, 0) is 11.3 Å². The van der Waals surface area contributed by atoms with Crippen LogP contribution in [0.2, 0.25) is 0 Å². The van der Waals surface area contributed by atoms with E-state index in [9.17, 15) is 9.59 Å². The molecule has 0 saturated carbocycles. The van der Waals surface area contributed by atoms with Gasteiger partial charge in [0.15, 0.2) is 0 Å². The van der Waals surface area contributed by atoms with Gasteiger partial charge >= 0.3 is 5.97 Å². The maximum Gasteiger partial charge on any atom is 0.342 e. The number of aromatic amines is 1. The average molecular weight is 394 g/mol. The summed E-state index contributed by atoms with van der Waals surface area (Å²) in [7, 11) is 0. The summed E-state index contributed by atoms with van der Waals surface area (Å²) in [5, 5.41) is 0.562. The molecule has 0 unspecified atom stereocenters. The van der Waals surface area contributed by atoms with Gasteiger partial charge in [-0.1, -0.05) is 29.8 Å². The lowest BCUT2D eigenvalue weighted by atomic mass is 10.0. The largest absolute Gasteiger partial charge is 0.469 e. The molecular formula is C21H18N2O4S. The minimum absolute atomic E-state index is 0.120. The highest BCUT2D eigenvalue weighted by atomic mass is 32.1. The number of rotatable bonds is 4. The van der Waals surface area contributed by atoms with Crippen molar-refractivity contribution in [3.05, 3.63) is 74.5 Å². The zero-order valence-corrected chi connectivity index (χ0v) is 16.5. The number of hydrogen-bond acceptors (Lipinski definition) is 6. The van der Waals surface area contributed by atoms with E-state index < -0.39 is 5.97 Å². The molecule has 7 heteroatoms. The number of nitrogens with zero attached hydrogens (tertiary/aromatic N) is 1. The molecule has 0 saturated heterocycles. The molecular weight excluding hydrogens is 376 g/mol. The van der Waals surface area contributed by atoms with Crippen LogP contribution >= 0.6 is 11.3 Å². The van der Waals surface area contributed by atoms with Crippen LogP contribution in [0.25, 0.3) is 21.3 Å². The molecule has 4 rings (SSSR count). The molecule has 0 aliphatic carbocycles. The Bertz CT molecular complexity index is 1230. The lowest BCUT2D eigenvalue weighted by molar-refractivity contribution is 0.0460. The van der Waals surface area contributed by atoms with Crippen molar-refractivity contribution in [3.8, 4) is 11.1 Å². The predicted octanol–water partition coefficient (Wildman–Crippen LogP) is 4.53. The quantitative estimate of drug-likeness (QED) is 0.514. The van der Waals surface area contributed by atoms with Gasteiger partial charge in [-0.2, -0.15) is 0 Å². The summed E-state index contributed by atoms with van der Waals surface area (Å²) in [5.41, 5.74) is 3.15. The van der Waals surface area contributed by atoms with Crippen molar-refractivity contribution < 1.29 is 13.9 Å². The number of H-pyrrole nitrogens is 1. The monoisotopic (exact) mass is 394 g/mol. The highest BCUT2D eigenvalue weighted by Gasteiger charge is 2.18. The van der Waals surface area contributed by atoms with Gasteiger partial charge in [-0.15, -0.1) is 11.3 Å². The van der Waals surface area contributed by atoms with Crippen molar-refractivity contribution in [1.82, 2.24) is 9.97 Å². The SMILES string of the molecule is Cc1ccc(-c2c(C)sc3nc(COC(=O)c4ccoc4C)[nH]c(=O)c23)cc1. The third-order valence-electron chi connectivity index (χ3n) is 4.55. The van der Waals surface area contributed by atoms with Gasteiger partial charge in [0.05, 0.1) is 11.6 Å². The Morgan fingerprint density at radius 1 is 1.18 bits per heavy atom. The molecule has 0 amide bonds. The highest BCUT2D eigenvalue weighted by molar-refractivity contribution is 7.19. The number of carbonyl (C=O) groups is 1. The number of thiophene rings is 1. The first-order valence-electron chi connectivity index (χ1n) is 8.74. The summed E-state index contributed by atoms with van der Waals surface area (Å²) >= 11 is 1.45. The van der Waals surface area contributed by atoms with E-state index in [-0.39, 0.29) is 12.2 Å². The van der Waals surface area contributed by atoms with E-state index in [0.717, 1.165) is 21.6 Å². The number of aryl methyl sites for hydroxylation is 3. The van der Waals surface area contributed by atoms with E-state index >= 15 is 0 Å². The number of fused-ring (bicyclic) bond motifs is 1. The van der Waals surface area contributed by atoms with Crippen molar-refractivity contribution in [2.45, 2.75) is 27.4 Å². The number of benzene rings is 1. The highest BCUT2D eigenvalue weighted by Crippen LogP contribution is 2.35. The molecule has 0 atom stereocenters. The first-order chi connectivity index (χ1) is 13.4. The number of aromatic nitrogens is 2. The molecule has 0 aliphatic rings. The minimum atomic E-state index is -0.517. The Morgan fingerprint density at radius 2 is 1.93 bits per heavy atom. The predicted molar refractivity (Wildman–Crippen MR) is 108 cm³/mol. The molecule has 0 fully saturated rings. The van der Waals surface area contributed by atoms with Gasteiger partial charge in [-0.25, -0.2) is 9.78 Å². The summed E-state index contributed by atoms with van der Waals surface area (Å²) < 4.78 is 10.4. The first-order valence-corrected chi connectivity index (χ1v) is 9.56. The molecule has 28 heavy (non-hydrogen) atoms. The average Bonchev–Trinajstić information content (AvgIpc) is 3.23. The van der Waals surface area contributed by atoms with Gasteiger partial charge in [-0.05, 0) is 32.4 Å². The summed E-state index contributed by atoms with van der Waals surface area (Å²) in [6.07, 6.45) is 1.43. The van der Waals surface area contributed by atoms with Crippen LogP contribution in [0.4, 0.5) is 0 Å². The van der Waals surface area contributed by atoms with E-state index in [0.29, 0.717) is 27.4 Å². The summed E-state index contributed by atoms with van der Waals surface area (Å²) in [4.78, 5) is 33.8. The van der Waals surface area contributed by atoms with Crippen LogP contribution in [0.1, 0.15) is 32.4 Å². The lowest BCUT2D eigenvalue weighted by Gasteiger charge is -2.05. The summed E-state index contributed by atoms with van der Waals surface area (Å²) in [6.45, 7) is 5.56. The van der Waals surface area contributed by atoms with Crippen LogP contribution in [0.3, 0.4) is 0 Å². The fourth-order valence-corrected chi connectivity index (χ4v) is 4.17. The molecule has 0 spiro atoms. The van der Waals surface area contributed by atoms with Crippen LogP contribution in [0.5, 0.6) is 0 Å². The van der Waals surface area contributed by atoms with Crippen molar-refractivity contribution in [1.29, 1.82) is 0 Å². The van der Waals surface area contributed by atoms with Crippen LogP contribution in [-0.4, -0.2) is 15.9 Å². The number of ether oxygens (including phenoxy) is 1. The molecule has 3 heterocycles. The molecule has 3 aromatic heterocycles. The van der Waals surface area contributed by atoms with Gasteiger partial charge in [0.1, 0.15) is 28.6 Å². The normalized spacial score (nSPS) is 11.1.